The van der Waals surface area contributed by atoms with E-state index in [1.165, 1.54) is 0 Å². The van der Waals surface area contributed by atoms with Crippen LogP contribution < -0.4 is 5.32 Å². The van der Waals surface area contributed by atoms with Gasteiger partial charge in [0.05, 0.1) is 13.2 Å². The average molecular weight is 320 g/mol. The number of likely N-dealkylation sites (tertiary alicyclic amines) is 1. The average Bonchev–Trinajstić information content (AvgIpc) is 2.60. The van der Waals surface area contributed by atoms with E-state index in [0.29, 0.717) is 31.9 Å². The van der Waals surface area contributed by atoms with E-state index in [1.54, 1.807) is 24.1 Å². The molecule has 1 aliphatic heterocycles. The summed E-state index contributed by atoms with van der Waals surface area (Å²) in [5.74, 6) is -0.0628. The van der Waals surface area contributed by atoms with Crippen LogP contribution in [0.1, 0.15) is 23.2 Å². The van der Waals surface area contributed by atoms with Crippen molar-refractivity contribution >= 4 is 11.8 Å². The summed E-state index contributed by atoms with van der Waals surface area (Å²) >= 11 is 0. The Morgan fingerprint density at radius 3 is 2.52 bits per heavy atom. The topological polar surface area (TPSA) is 67.9 Å². The van der Waals surface area contributed by atoms with Gasteiger partial charge in [-0.25, -0.2) is 0 Å². The Morgan fingerprint density at radius 1 is 1.17 bits per heavy atom. The first-order chi connectivity index (χ1) is 11.2. The first kappa shape index (κ1) is 17.4. The van der Waals surface area contributed by atoms with Gasteiger partial charge in [0.15, 0.2) is 0 Å². The molecule has 0 unspecified atom stereocenters. The summed E-state index contributed by atoms with van der Waals surface area (Å²) in [4.78, 5) is 25.9. The fourth-order valence-corrected chi connectivity index (χ4v) is 2.52. The minimum absolute atomic E-state index is 0.00561. The van der Waals surface area contributed by atoms with Gasteiger partial charge in [-0.2, -0.15) is 0 Å². The Balaban J connectivity index is 1.69. The van der Waals surface area contributed by atoms with Crippen LogP contribution in [0.5, 0.6) is 0 Å². The van der Waals surface area contributed by atoms with Crippen molar-refractivity contribution < 1.29 is 19.1 Å². The molecular formula is C17H24N2O4. The number of rotatable bonds is 7. The standard InChI is InChI=1S/C17H24N2O4/c1-22-11-12-23-13-16(20)19-9-7-15(8-10-19)18-17(21)14-5-3-2-4-6-14/h2-6,15H,7-13H2,1H3,(H,18,21). The Labute approximate surface area is 136 Å². The molecule has 2 amide bonds. The van der Waals surface area contributed by atoms with Crippen molar-refractivity contribution in [2.24, 2.45) is 0 Å². The number of nitrogens with zero attached hydrogens (tertiary/aromatic N) is 1. The fourth-order valence-electron chi connectivity index (χ4n) is 2.52. The summed E-state index contributed by atoms with van der Waals surface area (Å²) in [6.07, 6.45) is 1.53. The number of amides is 2. The molecule has 23 heavy (non-hydrogen) atoms. The maximum atomic E-state index is 12.1. The molecule has 0 atom stereocenters. The molecule has 6 heteroatoms. The van der Waals surface area contributed by atoms with Crippen molar-refractivity contribution in [2.45, 2.75) is 18.9 Å². The highest BCUT2D eigenvalue weighted by molar-refractivity contribution is 5.94. The van der Waals surface area contributed by atoms with Gasteiger partial charge in [-0.3, -0.25) is 9.59 Å². The van der Waals surface area contributed by atoms with E-state index in [2.05, 4.69) is 5.32 Å². The third-order valence-corrected chi connectivity index (χ3v) is 3.88. The van der Waals surface area contributed by atoms with Crippen LogP contribution in [0.2, 0.25) is 0 Å². The Kier molecular flexibility index (Phi) is 7.03. The van der Waals surface area contributed by atoms with Crippen LogP contribution in [-0.2, 0) is 14.3 Å². The summed E-state index contributed by atoms with van der Waals surface area (Å²) < 4.78 is 10.1. The highest BCUT2D eigenvalue weighted by Crippen LogP contribution is 2.11. The number of carbonyl (C=O) groups excluding carboxylic acids is 2. The number of ether oxygens (including phenoxy) is 2. The lowest BCUT2D eigenvalue weighted by atomic mass is 10.0. The van der Waals surface area contributed by atoms with Crippen molar-refractivity contribution in [1.82, 2.24) is 10.2 Å². The van der Waals surface area contributed by atoms with Gasteiger partial charge in [-0.15, -0.1) is 0 Å². The lowest BCUT2D eigenvalue weighted by Gasteiger charge is -2.32. The molecule has 1 fully saturated rings. The van der Waals surface area contributed by atoms with Gasteiger partial charge in [-0.1, -0.05) is 18.2 Å². The first-order valence-corrected chi connectivity index (χ1v) is 7.91. The van der Waals surface area contributed by atoms with Crippen molar-refractivity contribution in [3.8, 4) is 0 Å². The number of benzene rings is 1. The van der Waals surface area contributed by atoms with Crippen LogP contribution in [0.3, 0.4) is 0 Å². The largest absolute Gasteiger partial charge is 0.382 e. The van der Waals surface area contributed by atoms with Crippen LogP contribution in [0.25, 0.3) is 0 Å². The summed E-state index contributed by atoms with van der Waals surface area (Å²) in [5, 5.41) is 3.03. The fraction of sp³-hybridized carbons (Fsp3) is 0.529. The van der Waals surface area contributed by atoms with E-state index in [-0.39, 0.29) is 24.5 Å². The number of piperidine rings is 1. The zero-order valence-corrected chi connectivity index (χ0v) is 13.5. The number of hydrogen-bond donors (Lipinski definition) is 1. The maximum Gasteiger partial charge on any atom is 0.251 e. The van der Waals surface area contributed by atoms with Crippen LogP contribution in [0.15, 0.2) is 30.3 Å². The van der Waals surface area contributed by atoms with Crippen molar-refractivity contribution in [2.75, 3.05) is 40.0 Å². The van der Waals surface area contributed by atoms with Gasteiger partial charge >= 0.3 is 0 Å². The molecule has 1 aromatic rings. The minimum Gasteiger partial charge on any atom is -0.382 e. The molecule has 2 rings (SSSR count). The number of nitrogens with one attached hydrogen (secondary N) is 1. The third-order valence-electron chi connectivity index (χ3n) is 3.88. The molecule has 126 valence electrons. The third kappa shape index (κ3) is 5.65. The molecule has 1 saturated heterocycles. The first-order valence-electron chi connectivity index (χ1n) is 7.91. The predicted octanol–water partition coefficient (Wildman–Crippen LogP) is 1.07. The van der Waals surface area contributed by atoms with Crippen molar-refractivity contribution in [3.05, 3.63) is 35.9 Å². The lowest BCUT2D eigenvalue weighted by molar-refractivity contribution is -0.137. The van der Waals surface area contributed by atoms with Gasteiger partial charge in [-0.05, 0) is 25.0 Å². The molecule has 1 heterocycles. The summed E-state index contributed by atoms with van der Waals surface area (Å²) in [7, 11) is 1.60. The number of carbonyl (C=O) groups is 2. The van der Waals surface area contributed by atoms with E-state index in [0.717, 1.165) is 12.8 Å². The molecule has 0 saturated carbocycles. The molecule has 0 bridgehead atoms. The SMILES string of the molecule is COCCOCC(=O)N1CCC(NC(=O)c2ccccc2)CC1. The van der Waals surface area contributed by atoms with Gasteiger partial charge in [0, 0.05) is 31.8 Å². The molecule has 0 radical (unpaired) electrons. The van der Waals surface area contributed by atoms with Gasteiger partial charge in [0.25, 0.3) is 5.91 Å². The second-order valence-corrected chi connectivity index (χ2v) is 5.54. The molecule has 1 aromatic carbocycles. The normalized spacial score (nSPS) is 15.4. The summed E-state index contributed by atoms with van der Waals surface area (Å²) in [6.45, 7) is 2.29. The van der Waals surface area contributed by atoms with Gasteiger partial charge in [0.2, 0.25) is 5.91 Å². The second kappa shape index (κ2) is 9.27. The quantitative estimate of drug-likeness (QED) is 0.763. The number of methoxy groups -OCH3 is 1. The maximum absolute atomic E-state index is 12.1. The minimum atomic E-state index is -0.0572. The molecule has 0 aromatic heterocycles. The number of hydrogen-bond acceptors (Lipinski definition) is 4. The van der Waals surface area contributed by atoms with Crippen LogP contribution in [0, 0.1) is 0 Å². The van der Waals surface area contributed by atoms with Crippen molar-refractivity contribution in [1.29, 1.82) is 0 Å². The summed E-state index contributed by atoms with van der Waals surface area (Å²) in [6, 6.07) is 9.28. The zero-order valence-electron chi connectivity index (χ0n) is 13.5. The lowest BCUT2D eigenvalue weighted by Crippen LogP contribution is -2.47. The van der Waals surface area contributed by atoms with Gasteiger partial charge < -0.3 is 19.7 Å². The van der Waals surface area contributed by atoms with Crippen LogP contribution >= 0.6 is 0 Å². The van der Waals surface area contributed by atoms with E-state index < -0.39 is 0 Å². The highest BCUT2D eigenvalue weighted by Gasteiger charge is 2.24. The monoisotopic (exact) mass is 320 g/mol. The molecule has 1 aliphatic rings. The van der Waals surface area contributed by atoms with Crippen molar-refractivity contribution in [3.63, 3.8) is 0 Å². The van der Waals surface area contributed by atoms with E-state index in [9.17, 15) is 9.59 Å². The highest BCUT2D eigenvalue weighted by atomic mass is 16.5. The summed E-state index contributed by atoms with van der Waals surface area (Å²) in [5.41, 5.74) is 0.664. The molecule has 0 spiro atoms. The van der Waals surface area contributed by atoms with E-state index in [4.69, 9.17) is 9.47 Å². The Bertz CT molecular complexity index is 499. The molecule has 1 N–H and O–H groups in total. The smallest absolute Gasteiger partial charge is 0.251 e. The zero-order chi connectivity index (χ0) is 16.5. The van der Waals surface area contributed by atoms with Crippen LogP contribution in [-0.4, -0.2) is 62.8 Å². The molecular weight excluding hydrogens is 296 g/mol. The second-order valence-electron chi connectivity index (χ2n) is 5.54. The molecule has 0 aliphatic carbocycles. The predicted molar refractivity (Wildman–Crippen MR) is 86.2 cm³/mol. The molecule has 6 nitrogen and oxygen atoms in total. The Hall–Kier alpha value is -1.92. The van der Waals surface area contributed by atoms with Gasteiger partial charge in [0.1, 0.15) is 6.61 Å². The van der Waals surface area contributed by atoms with E-state index in [1.807, 2.05) is 18.2 Å². The van der Waals surface area contributed by atoms with E-state index >= 15 is 0 Å². The van der Waals surface area contributed by atoms with Crippen LogP contribution in [0.4, 0.5) is 0 Å². The Morgan fingerprint density at radius 2 is 1.87 bits per heavy atom.